The molecule has 1 atom stereocenters. The highest BCUT2D eigenvalue weighted by molar-refractivity contribution is 5.94. The second-order valence-electron chi connectivity index (χ2n) is 4.49. The number of nitrogens with one attached hydrogen (secondary N) is 1. The molecule has 0 aromatic heterocycles. The fourth-order valence-electron chi connectivity index (χ4n) is 1.53. The Labute approximate surface area is 119 Å². The van der Waals surface area contributed by atoms with Crippen molar-refractivity contribution in [2.75, 3.05) is 0 Å². The molecule has 20 heavy (non-hydrogen) atoms. The van der Waals surface area contributed by atoms with E-state index < -0.39 is 6.04 Å². The van der Waals surface area contributed by atoms with Crippen molar-refractivity contribution in [3.05, 3.63) is 48.6 Å². The molecule has 1 aliphatic heterocycles. The van der Waals surface area contributed by atoms with Crippen molar-refractivity contribution in [3.63, 3.8) is 0 Å². The van der Waals surface area contributed by atoms with Gasteiger partial charge in [-0.1, -0.05) is 49.8 Å². The van der Waals surface area contributed by atoms with E-state index in [0.29, 0.717) is 0 Å². The summed E-state index contributed by atoms with van der Waals surface area (Å²) in [7, 11) is 0. The SMILES string of the molecule is C=CCCC.O=C1CC(C(=O)OCc2ccccc2)N1. The highest BCUT2D eigenvalue weighted by Gasteiger charge is 2.32. The smallest absolute Gasteiger partial charge is 0.329 e. The summed E-state index contributed by atoms with van der Waals surface area (Å²) in [5.41, 5.74) is 0.941. The van der Waals surface area contributed by atoms with E-state index in [-0.39, 0.29) is 24.9 Å². The maximum atomic E-state index is 11.3. The number of β-lactam (4-membered cyclic amide) rings is 1. The molecule has 0 bridgehead atoms. The van der Waals surface area contributed by atoms with Crippen LogP contribution in [0.15, 0.2) is 43.0 Å². The molecule has 108 valence electrons. The lowest BCUT2D eigenvalue weighted by Gasteiger charge is -2.24. The van der Waals surface area contributed by atoms with E-state index >= 15 is 0 Å². The summed E-state index contributed by atoms with van der Waals surface area (Å²) in [5, 5.41) is 2.47. The molecule has 1 heterocycles. The predicted molar refractivity (Wildman–Crippen MR) is 77.9 cm³/mol. The minimum atomic E-state index is -0.443. The highest BCUT2D eigenvalue weighted by atomic mass is 16.5. The first-order valence-electron chi connectivity index (χ1n) is 6.78. The molecular formula is C16H21NO3. The van der Waals surface area contributed by atoms with Crippen LogP contribution in [0.1, 0.15) is 31.7 Å². The summed E-state index contributed by atoms with van der Waals surface area (Å²) in [4.78, 5) is 21.9. The van der Waals surface area contributed by atoms with Crippen LogP contribution in [-0.2, 0) is 20.9 Å². The zero-order valence-corrected chi connectivity index (χ0v) is 11.8. The number of esters is 1. The van der Waals surface area contributed by atoms with Gasteiger partial charge in [0.15, 0.2) is 0 Å². The zero-order chi connectivity index (χ0) is 14.8. The number of allylic oxidation sites excluding steroid dienone is 1. The van der Waals surface area contributed by atoms with Gasteiger partial charge in [0, 0.05) is 0 Å². The molecule has 1 fully saturated rings. The second kappa shape index (κ2) is 8.91. The van der Waals surface area contributed by atoms with E-state index in [2.05, 4.69) is 18.8 Å². The molecule has 1 unspecified atom stereocenters. The number of ether oxygens (including phenoxy) is 1. The van der Waals surface area contributed by atoms with Crippen LogP contribution in [0, 0.1) is 0 Å². The molecule has 4 heteroatoms. The number of benzene rings is 1. The lowest BCUT2D eigenvalue weighted by molar-refractivity contribution is -0.154. The molecule has 4 nitrogen and oxygen atoms in total. The molecule has 2 rings (SSSR count). The van der Waals surface area contributed by atoms with Crippen LogP contribution in [0.2, 0.25) is 0 Å². The van der Waals surface area contributed by atoms with Crippen molar-refractivity contribution < 1.29 is 14.3 Å². The van der Waals surface area contributed by atoms with Gasteiger partial charge in [0.1, 0.15) is 12.6 Å². The molecule has 1 aromatic carbocycles. The van der Waals surface area contributed by atoms with Gasteiger partial charge in [-0.15, -0.1) is 6.58 Å². The Balaban J connectivity index is 0.000000347. The molecule has 1 amide bonds. The number of unbranched alkanes of at least 4 members (excludes halogenated alkanes) is 1. The predicted octanol–water partition coefficient (Wildman–Crippen LogP) is 2.59. The topological polar surface area (TPSA) is 55.4 Å². The van der Waals surface area contributed by atoms with Crippen molar-refractivity contribution in [3.8, 4) is 0 Å². The van der Waals surface area contributed by atoms with Crippen molar-refractivity contribution >= 4 is 11.9 Å². The first-order valence-corrected chi connectivity index (χ1v) is 6.78. The maximum absolute atomic E-state index is 11.3. The van der Waals surface area contributed by atoms with Gasteiger partial charge >= 0.3 is 5.97 Å². The van der Waals surface area contributed by atoms with E-state index in [1.807, 2.05) is 36.4 Å². The molecular weight excluding hydrogens is 254 g/mol. The lowest BCUT2D eigenvalue weighted by Crippen LogP contribution is -2.53. The van der Waals surface area contributed by atoms with Crippen molar-refractivity contribution in [2.24, 2.45) is 0 Å². The summed E-state index contributed by atoms with van der Waals surface area (Å²) in [5.74, 6) is -0.463. The Kier molecular flexibility index (Phi) is 7.11. The Morgan fingerprint density at radius 2 is 2.10 bits per heavy atom. The average Bonchev–Trinajstić information content (AvgIpc) is 2.44. The Morgan fingerprint density at radius 3 is 2.55 bits per heavy atom. The molecule has 1 aromatic rings. The van der Waals surface area contributed by atoms with Crippen LogP contribution in [0.4, 0.5) is 0 Å². The van der Waals surface area contributed by atoms with Gasteiger partial charge in [-0.3, -0.25) is 4.79 Å². The van der Waals surface area contributed by atoms with Gasteiger partial charge in [-0.05, 0) is 12.0 Å². The minimum Gasteiger partial charge on any atom is -0.459 e. The number of rotatable bonds is 5. The summed E-state index contributed by atoms with van der Waals surface area (Å²) in [6.45, 7) is 5.95. The van der Waals surface area contributed by atoms with Gasteiger partial charge in [0.25, 0.3) is 0 Å². The standard InChI is InChI=1S/C11H11NO3.C5H10/c13-10-6-9(12-10)11(14)15-7-8-4-2-1-3-5-8;1-3-5-4-2/h1-5,9H,6-7H2,(H,12,13);3H,1,4-5H2,2H3. The summed E-state index contributed by atoms with van der Waals surface area (Å²) < 4.78 is 5.03. The molecule has 0 spiro atoms. The number of hydrogen-bond donors (Lipinski definition) is 1. The third-order valence-corrected chi connectivity index (χ3v) is 2.73. The summed E-state index contributed by atoms with van der Waals surface area (Å²) in [6, 6.07) is 8.99. The normalized spacial score (nSPS) is 16.1. The Hall–Kier alpha value is -2.10. The van der Waals surface area contributed by atoms with E-state index in [1.165, 1.54) is 6.42 Å². The molecule has 1 saturated heterocycles. The highest BCUT2D eigenvalue weighted by Crippen LogP contribution is 2.08. The van der Waals surface area contributed by atoms with Gasteiger partial charge in [-0.2, -0.15) is 0 Å². The van der Waals surface area contributed by atoms with Gasteiger partial charge in [-0.25, -0.2) is 4.79 Å². The van der Waals surface area contributed by atoms with Crippen molar-refractivity contribution in [2.45, 2.75) is 38.8 Å². The van der Waals surface area contributed by atoms with E-state index in [4.69, 9.17) is 4.74 Å². The molecule has 1 aliphatic rings. The lowest BCUT2D eigenvalue weighted by atomic mass is 10.1. The summed E-state index contributed by atoms with van der Waals surface area (Å²) >= 11 is 0. The van der Waals surface area contributed by atoms with Gasteiger partial charge in [0.05, 0.1) is 6.42 Å². The number of amides is 1. The monoisotopic (exact) mass is 275 g/mol. The fourth-order valence-corrected chi connectivity index (χ4v) is 1.53. The summed E-state index contributed by atoms with van der Waals surface area (Å²) in [6.07, 6.45) is 4.55. The Bertz CT molecular complexity index is 434. The quantitative estimate of drug-likeness (QED) is 0.510. The van der Waals surface area contributed by atoms with E-state index in [9.17, 15) is 9.59 Å². The number of carbonyl (C=O) groups excluding carboxylic acids is 2. The first-order chi connectivity index (χ1) is 9.67. The molecule has 0 radical (unpaired) electrons. The Morgan fingerprint density at radius 1 is 1.45 bits per heavy atom. The largest absolute Gasteiger partial charge is 0.459 e. The minimum absolute atomic E-state index is 0.100. The third kappa shape index (κ3) is 5.69. The maximum Gasteiger partial charge on any atom is 0.329 e. The third-order valence-electron chi connectivity index (χ3n) is 2.73. The van der Waals surface area contributed by atoms with Crippen LogP contribution >= 0.6 is 0 Å². The zero-order valence-electron chi connectivity index (χ0n) is 11.8. The van der Waals surface area contributed by atoms with Crippen molar-refractivity contribution in [1.29, 1.82) is 0 Å². The second-order valence-corrected chi connectivity index (χ2v) is 4.49. The number of carbonyl (C=O) groups is 2. The number of hydrogen-bond acceptors (Lipinski definition) is 3. The van der Waals surface area contributed by atoms with Crippen LogP contribution in [0.25, 0.3) is 0 Å². The van der Waals surface area contributed by atoms with E-state index in [0.717, 1.165) is 12.0 Å². The first kappa shape index (κ1) is 16.0. The van der Waals surface area contributed by atoms with E-state index in [1.54, 1.807) is 0 Å². The molecule has 0 saturated carbocycles. The van der Waals surface area contributed by atoms with Gasteiger partial charge < -0.3 is 10.1 Å². The average molecular weight is 275 g/mol. The van der Waals surface area contributed by atoms with Crippen LogP contribution in [-0.4, -0.2) is 17.9 Å². The van der Waals surface area contributed by atoms with Crippen LogP contribution in [0.3, 0.4) is 0 Å². The molecule has 1 N–H and O–H groups in total. The fraction of sp³-hybridized carbons (Fsp3) is 0.375. The van der Waals surface area contributed by atoms with Crippen LogP contribution in [0.5, 0.6) is 0 Å². The van der Waals surface area contributed by atoms with Crippen molar-refractivity contribution in [1.82, 2.24) is 5.32 Å². The van der Waals surface area contributed by atoms with Gasteiger partial charge in [0.2, 0.25) is 5.91 Å². The van der Waals surface area contributed by atoms with Crippen LogP contribution < -0.4 is 5.32 Å². The molecule has 0 aliphatic carbocycles.